The number of hydrogen-bond acceptors (Lipinski definition) is 3. The molecule has 0 atom stereocenters. The molecule has 0 saturated carbocycles. The number of ketones is 1. The van der Waals surface area contributed by atoms with Gasteiger partial charge in [-0.15, -0.1) is 11.6 Å². The lowest BCUT2D eigenvalue weighted by atomic mass is 10.4. The molecule has 0 bridgehead atoms. The number of rotatable bonds is 5. The number of halogens is 1. The number of methoxy groups -OCH3 is 1. The largest absolute Gasteiger partial charge is 0.518 e. The van der Waals surface area contributed by atoms with Crippen LogP contribution in [0.15, 0.2) is 12.0 Å². The highest BCUT2D eigenvalue weighted by atomic mass is 35.5. The summed E-state index contributed by atoms with van der Waals surface area (Å²) in [6, 6.07) is 0. The van der Waals surface area contributed by atoms with Gasteiger partial charge in [0, 0.05) is 0 Å². The molecule has 0 aliphatic heterocycles. The lowest BCUT2D eigenvalue weighted by Crippen LogP contribution is -2.33. The Bertz CT molecular complexity index is 213. The summed E-state index contributed by atoms with van der Waals surface area (Å²) in [5.41, 5.74) is 0.464. The molecule has 0 heterocycles. The molecule has 0 radical (unpaired) electrons. The molecule has 0 aromatic carbocycles. The molecule has 0 aliphatic rings. The molecule has 0 aromatic rings. The van der Waals surface area contributed by atoms with Crippen molar-refractivity contribution in [3.05, 3.63) is 12.0 Å². The van der Waals surface area contributed by atoms with Crippen LogP contribution in [0.5, 0.6) is 0 Å². The van der Waals surface area contributed by atoms with E-state index in [1.54, 1.807) is 0 Å². The van der Waals surface area contributed by atoms with E-state index < -0.39 is 8.32 Å². The standard InChI is InChI=1S/C8H15ClO3Si/c1-7(10)5-8(11-2)12-13(3,4)6-9/h5H,6H2,1-4H3/b8-5-. The quantitative estimate of drug-likeness (QED) is 0.309. The van der Waals surface area contributed by atoms with Gasteiger partial charge in [0.15, 0.2) is 5.78 Å². The highest BCUT2D eigenvalue weighted by molar-refractivity contribution is 6.77. The average molecular weight is 223 g/mol. The fraction of sp³-hybridized carbons (Fsp3) is 0.625. The van der Waals surface area contributed by atoms with Gasteiger partial charge in [-0.1, -0.05) is 0 Å². The maximum absolute atomic E-state index is 10.7. The molecule has 13 heavy (non-hydrogen) atoms. The van der Waals surface area contributed by atoms with Crippen LogP contribution in [0, 0.1) is 0 Å². The third-order valence-corrected chi connectivity index (χ3v) is 4.55. The zero-order valence-corrected chi connectivity index (χ0v) is 10.1. The minimum Gasteiger partial charge on any atom is -0.518 e. The molecule has 76 valence electrons. The monoisotopic (exact) mass is 222 g/mol. The van der Waals surface area contributed by atoms with E-state index in [9.17, 15) is 4.79 Å². The lowest BCUT2D eigenvalue weighted by molar-refractivity contribution is -0.113. The molecule has 0 aliphatic carbocycles. The predicted molar refractivity (Wildman–Crippen MR) is 55.1 cm³/mol. The first-order valence-corrected chi connectivity index (χ1v) is 7.57. The van der Waals surface area contributed by atoms with Crippen LogP contribution in [0.1, 0.15) is 6.92 Å². The minimum atomic E-state index is -1.91. The van der Waals surface area contributed by atoms with Crippen LogP contribution in [0.3, 0.4) is 0 Å². The van der Waals surface area contributed by atoms with Crippen molar-refractivity contribution in [2.45, 2.75) is 20.0 Å². The summed E-state index contributed by atoms with van der Waals surface area (Å²) in [5, 5.41) is 0. The van der Waals surface area contributed by atoms with Crippen molar-refractivity contribution in [2.24, 2.45) is 0 Å². The Kier molecular flexibility index (Phi) is 5.09. The molecule has 0 N–H and O–H groups in total. The number of allylic oxidation sites excluding steroid dienone is 1. The molecular weight excluding hydrogens is 208 g/mol. The summed E-state index contributed by atoms with van der Waals surface area (Å²) in [7, 11) is -0.442. The lowest BCUT2D eigenvalue weighted by Gasteiger charge is -2.21. The SMILES string of the molecule is CO/C(=C/C(C)=O)O[Si](C)(C)CCl. The molecule has 0 aromatic heterocycles. The van der Waals surface area contributed by atoms with Crippen LogP contribution in [0.25, 0.3) is 0 Å². The van der Waals surface area contributed by atoms with Gasteiger partial charge < -0.3 is 9.16 Å². The van der Waals surface area contributed by atoms with Crippen LogP contribution in [-0.2, 0) is 14.0 Å². The summed E-state index contributed by atoms with van der Waals surface area (Å²) in [5.74, 6) is 0.154. The van der Waals surface area contributed by atoms with Gasteiger partial charge in [0.25, 0.3) is 14.3 Å². The highest BCUT2D eigenvalue weighted by Gasteiger charge is 2.24. The summed E-state index contributed by atoms with van der Waals surface area (Å²) >= 11 is 5.70. The van der Waals surface area contributed by atoms with Crippen molar-refractivity contribution in [1.82, 2.24) is 0 Å². The van der Waals surface area contributed by atoms with Crippen molar-refractivity contribution in [3.63, 3.8) is 0 Å². The van der Waals surface area contributed by atoms with Gasteiger partial charge in [0.1, 0.15) is 0 Å². The average Bonchev–Trinajstić information content (AvgIpc) is 2.02. The predicted octanol–water partition coefficient (Wildman–Crippen LogP) is 2.06. The van der Waals surface area contributed by atoms with Crippen LogP contribution >= 0.6 is 11.6 Å². The van der Waals surface area contributed by atoms with Crippen molar-refractivity contribution in [1.29, 1.82) is 0 Å². The Balaban J connectivity index is 4.37. The summed E-state index contributed by atoms with van der Waals surface area (Å²) in [6.45, 7) is 5.34. The topological polar surface area (TPSA) is 35.5 Å². The van der Waals surface area contributed by atoms with Gasteiger partial charge in [0.05, 0.1) is 18.7 Å². The maximum atomic E-state index is 10.7. The number of hydrogen-bond donors (Lipinski definition) is 0. The van der Waals surface area contributed by atoms with Gasteiger partial charge >= 0.3 is 0 Å². The maximum Gasteiger partial charge on any atom is 0.268 e. The van der Waals surface area contributed by atoms with E-state index in [-0.39, 0.29) is 11.7 Å². The van der Waals surface area contributed by atoms with Gasteiger partial charge in [-0.2, -0.15) is 0 Å². The number of alkyl halides is 1. The van der Waals surface area contributed by atoms with Crippen LogP contribution in [-0.4, -0.2) is 26.7 Å². The van der Waals surface area contributed by atoms with E-state index in [4.69, 9.17) is 20.8 Å². The second-order valence-electron chi connectivity index (χ2n) is 3.27. The van der Waals surface area contributed by atoms with Crippen molar-refractivity contribution >= 4 is 25.7 Å². The molecule has 0 unspecified atom stereocenters. The molecule has 0 spiro atoms. The molecule has 0 amide bonds. The molecule has 0 saturated heterocycles. The van der Waals surface area contributed by atoms with Crippen molar-refractivity contribution < 1.29 is 14.0 Å². The zero-order chi connectivity index (χ0) is 10.5. The molecule has 5 heteroatoms. The number of carbonyl (C=O) groups is 1. The normalized spacial score (nSPS) is 12.5. The van der Waals surface area contributed by atoms with Crippen molar-refractivity contribution in [3.8, 4) is 0 Å². The Hall–Kier alpha value is -0.483. The van der Waals surface area contributed by atoms with Crippen LogP contribution in [0.2, 0.25) is 13.1 Å². The Morgan fingerprint density at radius 1 is 1.54 bits per heavy atom. The smallest absolute Gasteiger partial charge is 0.268 e. The molecular formula is C8H15ClO3Si. The second kappa shape index (κ2) is 5.29. The summed E-state index contributed by atoms with van der Waals surface area (Å²) in [6.07, 6.45) is 1.32. The minimum absolute atomic E-state index is 0.101. The second-order valence-corrected chi connectivity index (χ2v) is 8.07. The first-order chi connectivity index (χ1) is 5.91. The van der Waals surface area contributed by atoms with E-state index in [1.165, 1.54) is 20.1 Å². The van der Waals surface area contributed by atoms with E-state index >= 15 is 0 Å². The van der Waals surface area contributed by atoms with E-state index in [0.717, 1.165) is 0 Å². The molecule has 0 fully saturated rings. The number of carbonyl (C=O) groups excluding carboxylic acids is 1. The third-order valence-electron chi connectivity index (χ3n) is 1.22. The van der Waals surface area contributed by atoms with Gasteiger partial charge in [-0.05, 0) is 20.0 Å². The fourth-order valence-electron chi connectivity index (χ4n) is 0.596. The first-order valence-electron chi connectivity index (χ1n) is 3.92. The van der Waals surface area contributed by atoms with Gasteiger partial charge in [-0.3, -0.25) is 4.79 Å². The van der Waals surface area contributed by atoms with E-state index in [1.807, 2.05) is 13.1 Å². The van der Waals surface area contributed by atoms with Gasteiger partial charge in [-0.25, -0.2) is 0 Å². The van der Waals surface area contributed by atoms with E-state index in [0.29, 0.717) is 5.50 Å². The highest BCUT2D eigenvalue weighted by Crippen LogP contribution is 2.12. The van der Waals surface area contributed by atoms with Crippen LogP contribution in [0.4, 0.5) is 0 Å². The van der Waals surface area contributed by atoms with Crippen molar-refractivity contribution in [2.75, 3.05) is 12.6 Å². The Labute approximate surface area is 84.8 Å². The molecule has 3 nitrogen and oxygen atoms in total. The van der Waals surface area contributed by atoms with E-state index in [2.05, 4.69) is 0 Å². The Morgan fingerprint density at radius 3 is 2.38 bits per heavy atom. The first kappa shape index (κ1) is 12.5. The third kappa shape index (κ3) is 5.71. The zero-order valence-electron chi connectivity index (χ0n) is 8.39. The van der Waals surface area contributed by atoms with Crippen LogP contribution < -0.4 is 0 Å². The summed E-state index contributed by atoms with van der Waals surface area (Å²) < 4.78 is 10.4. The van der Waals surface area contributed by atoms with Gasteiger partial charge in [0.2, 0.25) is 0 Å². The fourth-order valence-corrected chi connectivity index (χ4v) is 1.50. The Morgan fingerprint density at radius 2 is 2.08 bits per heavy atom. The summed E-state index contributed by atoms with van der Waals surface area (Å²) in [4.78, 5) is 10.7. The molecule has 0 rings (SSSR count). The number of ether oxygens (including phenoxy) is 1.